The molecule has 0 aliphatic carbocycles. The Morgan fingerprint density at radius 3 is 2.71 bits per heavy atom. The van der Waals surface area contributed by atoms with E-state index in [-0.39, 0.29) is 0 Å². The second kappa shape index (κ2) is 5.93. The van der Waals surface area contributed by atoms with Crippen molar-refractivity contribution >= 4 is 11.5 Å². The molecule has 0 spiro atoms. The molecular weight excluding hydrogens is 264 g/mol. The highest BCUT2D eigenvalue weighted by Gasteiger charge is 2.07. The van der Waals surface area contributed by atoms with Gasteiger partial charge in [0.05, 0.1) is 18.5 Å². The second-order valence-electron chi connectivity index (χ2n) is 4.92. The van der Waals surface area contributed by atoms with Crippen LogP contribution in [0.15, 0.2) is 42.6 Å². The van der Waals surface area contributed by atoms with E-state index in [9.17, 15) is 0 Å². The van der Waals surface area contributed by atoms with Crippen LogP contribution in [0.2, 0.25) is 0 Å². The van der Waals surface area contributed by atoms with E-state index in [0.29, 0.717) is 6.61 Å². The molecule has 0 aliphatic rings. The molecule has 5 nitrogen and oxygen atoms in total. The molecule has 3 aromatic rings. The van der Waals surface area contributed by atoms with E-state index in [1.54, 1.807) is 7.11 Å². The van der Waals surface area contributed by atoms with Crippen molar-refractivity contribution in [2.45, 2.75) is 6.92 Å². The summed E-state index contributed by atoms with van der Waals surface area (Å²) in [4.78, 5) is 4.40. The maximum absolute atomic E-state index is 5.03. The molecule has 0 amide bonds. The summed E-state index contributed by atoms with van der Waals surface area (Å²) in [7, 11) is 1.68. The average Bonchev–Trinajstić information content (AvgIpc) is 2.92. The first-order valence-electron chi connectivity index (χ1n) is 6.92. The van der Waals surface area contributed by atoms with Crippen LogP contribution in [0.5, 0.6) is 0 Å². The molecule has 2 aromatic heterocycles. The van der Waals surface area contributed by atoms with E-state index in [1.807, 2.05) is 22.8 Å². The van der Waals surface area contributed by atoms with Crippen LogP contribution in [0.25, 0.3) is 16.9 Å². The van der Waals surface area contributed by atoms with Crippen molar-refractivity contribution in [1.82, 2.24) is 14.6 Å². The Morgan fingerprint density at radius 1 is 1.14 bits per heavy atom. The number of methoxy groups -OCH3 is 1. The number of anilines is 1. The maximum atomic E-state index is 5.03. The van der Waals surface area contributed by atoms with Gasteiger partial charge in [-0.2, -0.15) is 0 Å². The molecule has 0 bridgehead atoms. The van der Waals surface area contributed by atoms with Crippen molar-refractivity contribution in [3.8, 4) is 11.3 Å². The fraction of sp³-hybridized carbons (Fsp3) is 0.250. The van der Waals surface area contributed by atoms with Gasteiger partial charge in [-0.3, -0.25) is 0 Å². The molecule has 5 heteroatoms. The van der Waals surface area contributed by atoms with E-state index in [0.717, 1.165) is 29.3 Å². The quantitative estimate of drug-likeness (QED) is 0.731. The number of fused-ring (bicyclic) bond motifs is 1. The van der Waals surface area contributed by atoms with Crippen LogP contribution in [-0.4, -0.2) is 34.9 Å². The molecule has 2 heterocycles. The van der Waals surface area contributed by atoms with Gasteiger partial charge in [-0.05, 0) is 19.1 Å². The van der Waals surface area contributed by atoms with Gasteiger partial charge in [0.15, 0.2) is 5.65 Å². The third kappa shape index (κ3) is 2.87. The van der Waals surface area contributed by atoms with E-state index >= 15 is 0 Å². The minimum absolute atomic E-state index is 0.647. The van der Waals surface area contributed by atoms with Crippen LogP contribution in [0.1, 0.15) is 5.56 Å². The van der Waals surface area contributed by atoms with Crippen LogP contribution < -0.4 is 5.32 Å². The normalized spacial score (nSPS) is 11.0. The maximum Gasteiger partial charge on any atom is 0.154 e. The molecule has 3 rings (SSSR count). The number of hydrogen-bond acceptors (Lipinski definition) is 4. The largest absolute Gasteiger partial charge is 0.383 e. The molecule has 1 aromatic carbocycles. The van der Waals surface area contributed by atoms with Crippen LogP contribution in [0.4, 0.5) is 5.82 Å². The van der Waals surface area contributed by atoms with Gasteiger partial charge in [0, 0.05) is 19.2 Å². The van der Waals surface area contributed by atoms with Crippen LogP contribution >= 0.6 is 0 Å². The van der Waals surface area contributed by atoms with E-state index < -0.39 is 0 Å². The fourth-order valence-electron chi connectivity index (χ4n) is 2.17. The van der Waals surface area contributed by atoms with Crippen molar-refractivity contribution in [3.63, 3.8) is 0 Å². The summed E-state index contributed by atoms with van der Waals surface area (Å²) in [6, 6.07) is 12.2. The van der Waals surface area contributed by atoms with Crippen molar-refractivity contribution in [3.05, 3.63) is 48.2 Å². The molecule has 0 aliphatic heterocycles. The van der Waals surface area contributed by atoms with Gasteiger partial charge < -0.3 is 10.1 Å². The summed E-state index contributed by atoms with van der Waals surface area (Å²) in [5.41, 5.74) is 4.17. The third-order valence-corrected chi connectivity index (χ3v) is 3.32. The Labute approximate surface area is 123 Å². The molecule has 1 N–H and O–H groups in total. The summed E-state index contributed by atoms with van der Waals surface area (Å²) in [5.74, 6) is 0.811. The summed E-state index contributed by atoms with van der Waals surface area (Å²) in [5, 5.41) is 7.82. The highest BCUT2D eigenvalue weighted by atomic mass is 16.5. The van der Waals surface area contributed by atoms with Crippen molar-refractivity contribution in [1.29, 1.82) is 0 Å². The SMILES string of the molecule is COCCNc1ccc2ncc(-c3ccc(C)cc3)n2n1. The van der Waals surface area contributed by atoms with Gasteiger partial charge in [0.25, 0.3) is 0 Å². The monoisotopic (exact) mass is 282 g/mol. The van der Waals surface area contributed by atoms with Crippen molar-refractivity contribution < 1.29 is 4.74 Å². The lowest BCUT2D eigenvalue weighted by Crippen LogP contribution is -2.10. The van der Waals surface area contributed by atoms with Gasteiger partial charge in [-0.1, -0.05) is 29.8 Å². The first kappa shape index (κ1) is 13.6. The predicted octanol–water partition coefficient (Wildman–Crippen LogP) is 2.76. The Morgan fingerprint density at radius 2 is 1.95 bits per heavy atom. The van der Waals surface area contributed by atoms with Gasteiger partial charge in [-0.15, -0.1) is 5.10 Å². The molecular formula is C16H18N4O. The molecule has 0 saturated heterocycles. The van der Waals surface area contributed by atoms with Gasteiger partial charge in [-0.25, -0.2) is 9.50 Å². The van der Waals surface area contributed by atoms with Crippen molar-refractivity contribution in [2.75, 3.05) is 25.6 Å². The van der Waals surface area contributed by atoms with Gasteiger partial charge in [0.2, 0.25) is 0 Å². The van der Waals surface area contributed by atoms with Crippen molar-refractivity contribution in [2.24, 2.45) is 0 Å². The number of ether oxygens (including phenoxy) is 1. The number of rotatable bonds is 5. The lowest BCUT2D eigenvalue weighted by molar-refractivity contribution is 0.210. The van der Waals surface area contributed by atoms with Gasteiger partial charge >= 0.3 is 0 Å². The number of imidazole rings is 1. The predicted molar refractivity (Wildman–Crippen MR) is 83.5 cm³/mol. The highest BCUT2D eigenvalue weighted by molar-refractivity contribution is 5.63. The number of nitrogens with zero attached hydrogens (tertiary/aromatic N) is 3. The standard InChI is InChI=1S/C16H18N4O/c1-12-3-5-13(6-4-12)14-11-18-16-8-7-15(19-20(14)16)17-9-10-21-2/h3-8,11H,9-10H2,1-2H3,(H,17,19). The number of nitrogens with one attached hydrogen (secondary N) is 1. The first-order chi connectivity index (χ1) is 10.3. The Hall–Kier alpha value is -2.40. The molecule has 0 unspecified atom stereocenters. The zero-order valence-electron chi connectivity index (χ0n) is 12.2. The van der Waals surface area contributed by atoms with Crippen LogP contribution in [-0.2, 0) is 4.74 Å². The molecule has 108 valence electrons. The van der Waals surface area contributed by atoms with E-state index in [4.69, 9.17) is 4.74 Å². The molecule has 0 fully saturated rings. The molecule has 0 atom stereocenters. The summed E-state index contributed by atoms with van der Waals surface area (Å²) in [6.07, 6.45) is 1.85. The second-order valence-corrected chi connectivity index (χ2v) is 4.92. The van der Waals surface area contributed by atoms with Crippen LogP contribution in [0.3, 0.4) is 0 Å². The number of aryl methyl sites for hydroxylation is 1. The summed E-state index contributed by atoms with van der Waals surface area (Å²) in [6.45, 7) is 3.45. The number of hydrogen-bond donors (Lipinski definition) is 1. The topological polar surface area (TPSA) is 51.5 Å². The number of benzene rings is 1. The first-order valence-corrected chi connectivity index (χ1v) is 6.92. The lowest BCUT2D eigenvalue weighted by Gasteiger charge is -2.06. The van der Waals surface area contributed by atoms with E-state index in [1.165, 1.54) is 5.56 Å². The Bertz CT molecular complexity index is 734. The smallest absolute Gasteiger partial charge is 0.154 e. The minimum Gasteiger partial charge on any atom is -0.383 e. The Kier molecular flexibility index (Phi) is 3.83. The lowest BCUT2D eigenvalue weighted by atomic mass is 10.1. The zero-order valence-corrected chi connectivity index (χ0v) is 12.2. The van der Waals surface area contributed by atoms with Crippen LogP contribution in [0, 0.1) is 6.92 Å². The molecule has 21 heavy (non-hydrogen) atoms. The third-order valence-electron chi connectivity index (χ3n) is 3.32. The highest BCUT2D eigenvalue weighted by Crippen LogP contribution is 2.21. The molecule has 0 radical (unpaired) electrons. The number of aromatic nitrogens is 3. The Balaban J connectivity index is 1.95. The average molecular weight is 282 g/mol. The van der Waals surface area contributed by atoms with E-state index in [2.05, 4.69) is 46.6 Å². The minimum atomic E-state index is 0.647. The summed E-state index contributed by atoms with van der Waals surface area (Å²) < 4.78 is 6.89. The molecule has 0 saturated carbocycles. The zero-order chi connectivity index (χ0) is 14.7. The summed E-state index contributed by atoms with van der Waals surface area (Å²) >= 11 is 0. The van der Waals surface area contributed by atoms with Gasteiger partial charge in [0.1, 0.15) is 5.82 Å². The fourth-order valence-corrected chi connectivity index (χ4v) is 2.17.